The number of ether oxygens (including phenoxy) is 4. The zero-order valence-electron chi connectivity index (χ0n) is 22.1. The fraction of sp³-hybridized carbons (Fsp3) is 0.276. The van der Waals surface area contributed by atoms with E-state index in [1.54, 1.807) is 56.9 Å². The average Bonchev–Trinajstić information content (AvgIpc) is 3.21. The Kier molecular flexibility index (Phi) is 8.16. The Morgan fingerprint density at radius 2 is 1.87 bits per heavy atom. The molecule has 3 aromatic rings. The van der Waals surface area contributed by atoms with Crippen LogP contribution < -0.4 is 29.1 Å². The van der Waals surface area contributed by atoms with Crippen LogP contribution in [0.2, 0.25) is 0 Å². The molecule has 1 aliphatic rings. The molecule has 0 bridgehead atoms. The summed E-state index contributed by atoms with van der Waals surface area (Å²) in [6.45, 7) is 9.66. The smallest absolute Gasteiger partial charge is 0.338 e. The van der Waals surface area contributed by atoms with E-state index < -0.39 is 12.0 Å². The van der Waals surface area contributed by atoms with Gasteiger partial charge in [0.2, 0.25) is 0 Å². The summed E-state index contributed by atoms with van der Waals surface area (Å²) in [7, 11) is 3.15. The zero-order valence-corrected chi connectivity index (χ0v) is 22.9. The maximum atomic E-state index is 13.8. The Morgan fingerprint density at radius 3 is 2.55 bits per heavy atom. The van der Waals surface area contributed by atoms with Crippen LogP contribution in [0.5, 0.6) is 17.2 Å². The van der Waals surface area contributed by atoms with Gasteiger partial charge in [-0.3, -0.25) is 9.36 Å². The van der Waals surface area contributed by atoms with Gasteiger partial charge in [0, 0.05) is 0 Å². The van der Waals surface area contributed by atoms with Crippen LogP contribution in [0.25, 0.3) is 6.08 Å². The van der Waals surface area contributed by atoms with E-state index in [9.17, 15) is 9.59 Å². The molecule has 1 aromatic heterocycles. The summed E-state index contributed by atoms with van der Waals surface area (Å²) in [5, 5.41) is 0. The second-order valence-electron chi connectivity index (χ2n) is 8.54. The van der Waals surface area contributed by atoms with Crippen molar-refractivity contribution in [2.24, 2.45) is 4.99 Å². The highest BCUT2D eigenvalue weighted by atomic mass is 32.1. The third-order valence-corrected chi connectivity index (χ3v) is 7.09. The molecular weight excluding hydrogens is 504 g/mol. The van der Waals surface area contributed by atoms with Crippen molar-refractivity contribution >= 4 is 23.4 Å². The number of methoxy groups -OCH3 is 2. The van der Waals surface area contributed by atoms with Crippen LogP contribution in [-0.4, -0.2) is 38.0 Å². The first-order valence-corrected chi connectivity index (χ1v) is 12.9. The molecule has 0 aliphatic carbocycles. The number of benzene rings is 2. The number of rotatable bonds is 9. The van der Waals surface area contributed by atoms with Crippen LogP contribution in [0.1, 0.15) is 36.6 Å². The van der Waals surface area contributed by atoms with Gasteiger partial charge in [-0.2, -0.15) is 0 Å². The van der Waals surface area contributed by atoms with E-state index in [4.69, 9.17) is 18.9 Å². The van der Waals surface area contributed by atoms with E-state index in [0.29, 0.717) is 44.5 Å². The Bertz CT molecular complexity index is 1600. The van der Waals surface area contributed by atoms with Crippen molar-refractivity contribution in [3.8, 4) is 17.2 Å². The minimum absolute atomic E-state index is 0.207. The summed E-state index contributed by atoms with van der Waals surface area (Å²) in [5.41, 5.74) is 2.99. The number of fused-ring (bicyclic) bond motifs is 1. The predicted molar refractivity (Wildman–Crippen MR) is 147 cm³/mol. The van der Waals surface area contributed by atoms with Gasteiger partial charge in [-0.25, -0.2) is 9.79 Å². The summed E-state index contributed by atoms with van der Waals surface area (Å²) in [4.78, 5) is 32.0. The summed E-state index contributed by atoms with van der Waals surface area (Å²) in [5.74, 6) is 1.27. The fourth-order valence-electron chi connectivity index (χ4n) is 4.31. The van der Waals surface area contributed by atoms with Gasteiger partial charge in [-0.05, 0) is 61.7 Å². The molecule has 0 saturated carbocycles. The van der Waals surface area contributed by atoms with Gasteiger partial charge in [0.25, 0.3) is 5.56 Å². The number of aryl methyl sites for hydroxylation is 1. The average molecular weight is 535 g/mol. The van der Waals surface area contributed by atoms with Crippen molar-refractivity contribution < 1.29 is 23.7 Å². The highest BCUT2D eigenvalue weighted by Crippen LogP contribution is 2.33. The number of hydrogen-bond acceptors (Lipinski definition) is 8. The van der Waals surface area contributed by atoms with Gasteiger partial charge >= 0.3 is 5.97 Å². The molecule has 0 spiro atoms. The molecule has 8 nitrogen and oxygen atoms in total. The van der Waals surface area contributed by atoms with Gasteiger partial charge in [0.15, 0.2) is 16.3 Å². The molecule has 0 saturated heterocycles. The molecule has 0 radical (unpaired) electrons. The maximum absolute atomic E-state index is 13.8. The molecule has 1 unspecified atom stereocenters. The highest BCUT2D eigenvalue weighted by Gasteiger charge is 2.33. The van der Waals surface area contributed by atoms with Crippen LogP contribution in [0.3, 0.4) is 0 Å². The third-order valence-electron chi connectivity index (χ3n) is 6.11. The van der Waals surface area contributed by atoms with E-state index in [-0.39, 0.29) is 12.2 Å². The molecule has 1 atom stereocenters. The number of carbonyl (C=O) groups is 1. The van der Waals surface area contributed by atoms with Crippen molar-refractivity contribution in [3.05, 3.63) is 96.7 Å². The second kappa shape index (κ2) is 11.5. The third kappa shape index (κ3) is 5.15. The number of thiazole rings is 1. The van der Waals surface area contributed by atoms with Crippen molar-refractivity contribution in [2.75, 3.05) is 27.4 Å². The van der Waals surface area contributed by atoms with E-state index in [0.717, 1.165) is 16.7 Å². The van der Waals surface area contributed by atoms with Crippen LogP contribution >= 0.6 is 11.3 Å². The quantitative estimate of drug-likeness (QED) is 0.307. The van der Waals surface area contributed by atoms with Gasteiger partial charge in [-0.1, -0.05) is 42.2 Å². The summed E-state index contributed by atoms with van der Waals surface area (Å²) >= 11 is 1.26. The number of carbonyl (C=O) groups excluding carboxylic acids is 1. The van der Waals surface area contributed by atoms with E-state index in [1.165, 1.54) is 11.3 Å². The Labute approximate surface area is 224 Å². The molecule has 4 rings (SSSR count). The second-order valence-corrected chi connectivity index (χ2v) is 9.55. The first-order chi connectivity index (χ1) is 18.3. The van der Waals surface area contributed by atoms with Crippen molar-refractivity contribution in [1.82, 2.24) is 4.57 Å². The van der Waals surface area contributed by atoms with Gasteiger partial charge < -0.3 is 18.9 Å². The van der Waals surface area contributed by atoms with Crippen LogP contribution in [0.15, 0.2) is 70.1 Å². The van der Waals surface area contributed by atoms with Crippen LogP contribution in [-0.2, 0) is 9.53 Å². The molecule has 2 heterocycles. The minimum atomic E-state index is -0.717. The Balaban J connectivity index is 1.90. The number of hydrogen-bond donors (Lipinski definition) is 0. The lowest BCUT2D eigenvalue weighted by atomic mass is 9.95. The highest BCUT2D eigenvalue weighted by molar-refractivity contribution is 7.07. The van der Waals surface area contributed by atoms with Crippen LogP contribution in [0, 0.1) is 6.92 Å². The van der Waals surface area contributed by atoms with Gasteiger partial charge in [0.05, 0.1) is 42.7 Å². The molecule has 2 aromatic carbocycles. The molecule has 1 aliphatic heterocycles. The lowest BCUT2D eigenvalue weighted by Crippen LogP contribution is -2.40. The molecule has 38 heavy (non-hydrogen) atoms. The van der Waals surface area contributed by atoms with E-state index in [1.807, 2.05) is 31.2 Å². The molecular formula is C29H30N2O6S. The first-order valence-electron chi connectivity index (χ1n) is 12.1. The van der Waals surface area contributed by atoms with Crippen molar-refractivity contribution in [2.45, 2.75) is 26.8 Å². The monoisotopic (exact) mass is 534 g/mol. The molecule has 0 fully saturated rings. The lowest BCUT2D eigenvalue weighted by molar-refractivity contribution is -0.139. The molecule has 0 amide bonds. The van der Waals surface area contributed by atoms with Gasteiger partial charge in [0.1, 0.15) is 12.4 Å². The van der Waals surface area contributed by atoms with E-state index in [2.05, 4.69) is 11.6 Å². The predicted octanol–water partition coefficient (Wildman–Crippen LogP) is 3.69. The normalized spacial score (nSPS) is 15.0. The molecule has 0 N–H and O–H groups in total. The Hall–Kier alpha value is -4.11. The standard InChI is InChI=1S/C29H30N2O6S/c1-7-13-37-21-12-10-19(14-23(21)35-6)15-24-27(32)31-26(20-11-9-17(3)22(16-20)34-5)25(28(33)36-8-2)18(4)30-29(31)38-24/h7,9-12,14-16,26H,1,8,13H2,2-6H3. The molecule has 9 heteroatoms. The largest absolute Gasteiger partial charge is 0.496 e. The minimum Gasteiger partial charge on any atom is -0.496 e. The molecule has 198 valence electrons. The van der Waals surface area contributed by atoms with Crippen molar-refractivity contribution in [3.63, 3.8) is 0 Å². The van der Waals surface area contributed by atoms with Gasteiger partial charge in [-0.15, -0.1) is 0 Å². The summed E-state index contributed by atoms with van der Waals surface area (Å²) in [6.07, 6.45) is 3.43. The number of nitrogens with zero attached hydrogens (tertiary/aromatic N) is 2. The number of esters is 1. The summed E-state index contributed by atoms with van der Waals surface area (Å²) in [6, 6.07) is 10.4. The first kappa shape index (κ1) is 26.9. The lowest BCUT2D eigenvalue weighted by Gasteiger charge is -2.25. The van der Waals surface area contributed by atoms with Crippen LogP contribution in [0.4, 0.5) is 0 Å². The van der Waals surface area contributed by atoms with E-state index >= 15 is 0 Å². The topological polar surface area (TPSA) is 88.4 Å². The SMILES string of the molecule is C=CCOc1ccc(C=c2sc3n(c2=O)C(c2ccc(C)c(OC)c2)C(C(=O)OCC)=C(C)N=3)cc1OC. The maximum Gasteiger partial charge on any atom is 0.338 e. The zero-order chi connectivity index (χ0) is 27.4. The summed E-state index contributed by atoms with van der Waals surface area (Å²) < 4.78 is 24.0. The number of allylic oxidation sites excluding steroid dienone is 1. The fourth-order valence-corrected chi connectivity index (χ4v) is 5.35. The van der Waals surface area contributed by atoms with Crippen molar-refractivity contribution in [1.29, 1.82) is 0 Å². The number of aromatic nitrogens is 1. The Morgan fingerprint density at radius 1 is 1.11 bits per heavy atom.